The van der Waals surface area contributed by atoms with Crippen LogP contribution in [0.25, 0.3) is 0 Å². The lowest BCUT2D eigenvalue weighted by molar-refractivity contribution is -0.148. The molecule has 96 valence electrons. The maximum absolute atomic E-state index is 11.9. The summed E-state index contributed by atoms with van der Waals surface area (Å²) in [5, 5.41) is 2.68. The lowest BCUT2D eigenvalue weighted by atomic mass is 9.98. The first-order valence-electron chi connectivity index (χ1n) is 6.20. The van der Waals surface area contributed by atoms with E-state index in [1.54, 1.807) is 0 Å². The zero-order valence-electron chi connectivity index (χ0n) is 10.4. The van der Waals surface area contributed by atoms with E-state index in [9.17, 15) is 9.59 Å². The van der Waals surface area contributed by atoms with E-state index in [1.165, 1.54) is 0 Å². The normalized spacial score (nSPS) is 22.6. The van der Waals surface area contributed by atoms with Crippen molar-refractivity contribution in [1.29, 1.82) is 0 Å². The fraction of sp³-hybridized carbons (Fsp3) is 0.429. The highest BCUT2D eigenvalue weighted by Gasteiger charge is 2.37. The van der Waals surface area contributed by atoms with Crippen molar-refractivity contribution in [3.8, 4) is 0 Å². The predicted octanol–water partition coefficient (Wildman–Crippen LogP) is 1.64. The van der Waals surface area contributed by atoms with Crippen LogP contribution in [0.2, 0.25) is 0 Å². The molecule has 1 saturated heterocycles. The average Bonchev–Trinajstić information content (AvgIpc) is 2.78. The Balaban J connectivity index is 1.90. The van der Waals surface area contributed by atoms with Gasteiger partial charge in [0.1, 0.15) is 12.6 Å². The van der Waals surface area contributed by atoms with Gasteiger partial charge in [0.25, 0.3) is 0 Å². The van der Waals surface area contributed by atoms with Crippen molar-refractivity contribution in [1.82, 2.24) is 5.32 Å². The molecule has 0 bridgehead atoms. The topological polar surface area (TPSA) is 55.4 Å². The first kappa shape index (κ1) is 12.6. The first-order chi connectivity index (χ1) is 8.70. The zero-order valence-corrected chi connectivity index (χ0v) is 10.4. The molecule has 2 rings (SSSR count). The second-order valence-corrected chi connectivity index (χ2v) is 4.51. The second kappa shape index (κ2) is 5.67. The number of rotatable bonds is 4. The molecule has 0 saturated carbocycles. The molecule has 2 atom stereocenters. The number of ether oxygens (including phenoxy) is 1. The van der Waals surface area contributed by atoms with Crippen LogP contribution in [0.4, 0.5) is 0 Å². The molecule has 18 heavy (non-hydrogen) atoms. The van der Waals surface area contributed by atoms with Crippen molar-refractivity contribution in [2.45, 2.75) is 32.4 Å². The Morgan fingerprint density at radius 1 is 1.39 bits per heavy atom. The molecule has 1 aliphatic heterocycles. The summed E-state index contributed by atoms with van der Waals surface area (Å²) < 4.78 is 5.24. The van der Waals surface area contributed by atoms with E-state index in [0.29, 0.717) is 6.42 Å². The largest absolute Gasteiger partial charge is 0.459 e. The average molecular weight is 247 g/mol. The lowest BCUT2D eigenvalue weighted by Gasteiger charge is -2.15. The van der Waals surface area contributed by atoms with Crippen LogP contribution in [0, 0.1) is 5.92 Å². The van der Waals surface area contributed by atoms with Crippen molar-refractivity contribution >= 4 is 11.9 Å². The Kier molecular flexibility index (Phi) is 3.97. The minimum Gasteiger partial charge on any atom is -0.459 e. The fourth-order valence-electron chi connectivity index (χ4n) is 2.16. The van der Waals surface area contributed by atoms with E-state index < -0.39 is 6.04 Å². The molecule has 1 heterocycles. The number of hydrogen-bond donors (Lipinski definition) is 1. The first-order valence-corrected chi connectivity index (χ1v) is 6.20. The maximum atomic E-state index is 11.9. The van der Waals surface area contributed by atoms with Crippen molar-refractivity contribution < 1.29 is 14.3 Å². The quantitative estimate of drug-likeness (QED) is 0.823. The molecule has 0 unspecified atom stereocenters. The van der Waals surface area contributed by atoms with E-state index in [0.717, 1.165) is 12.0 Å². The molecule has 4 nitrogen and oxygen atoms in total. The van der Waals surface area contributed by atoms with Gasteiger partial charge in [0.05, 0.1) is 0 Å². The Labute approximate surface area is 106 Å². The Morgan fingerprint density at radius 2 is 2.11 bits per heavy atom. The lowest BCUT2D eigenvalue weighted by Crippen LogP contribution is -2.38. The molecule has 1 fully saturated rings. The van der Waals surface area contributed by atoms with Gasteiger partial charge < -0.3 is 10.1 Å². The number of amides is 1. The highest BCUT2D eigenvalue weighted by Crippen LogP contribution is 2.21. The zero-order chi connectivity index (χ0) is 13.0. The monoisotopic (exact) mass is 247 g/mol. The Morgan fingerprint density at radius 3 is 2.78 bits per heavy atom. The van der Waals surface area contributed by atoms with Crippen molar-refractivity contribution in [2.24, 2.45) is 5.92 Å². The van der Waals surface area contributed by atoms with Crippen LogP contribution >= 0.6 is 0 Å². The molecule has 1 N–H and O–H groups in total. The van der Waals surface area contributed by atoms with Crippen LogP contribution in [0.5, 0.6) is 0 Å². The SMILES string of the molecule is CC[C@@H]1CC(=O)N[C@H]1C(=O)OCc1ccccc1. The summed E-state index contributed by atoms with van der Waals surface area (Å²) in [5.41, 5.74) is 0.947. The molecular formula is C14H17NO3. The van der Waals surface area contributed by atoms with Crippen LogP contribution < -0.4 is 5.32 Å². The van der Waals surface area contributed by atoms with Crippen LogP contribution in [0.3, 0.4) is 0 Å². The van der Waals surface area contributed by atoms with Gasteiger partial charge >= 0.3 is 5.97 Å². The van der Waals surface area contributed by atoms with E-state index in [1.807, 2.05) is 37.3 Å². The number of carbonyl (C=O) groups is 2. The number of nitrogens with one attached hydrogen (secondary N) is 1. The highest BCUT2D eigenvalue weighted by molar-refractivity contribution is 5.88. The van der Waals surface area contributed by atoms with Gasteiger partial charge in [-0.3, -0.25) is 4.79 Å². The molecule has 0 aliphatic carbocycles. The smallest absolute Gasteiger partial charge is 0.329 e. The molecule has 1 aliphatic rings. The maximum Gasteiger partial charge on any atom is 0.329 e. The third-order valence-electron chi connectivity index (χ3n) is 3.24. The number of esters is 1. The molecule has 0 aromatic heterocycles. The third kappa shape index (κ3) is 2.88. The molecule has 1 aromatic rings. The van der Waals surface area contributed by atoms with Gasteiger partial charge in [-0.05, 0) is 11.5 Å². The standard InChI is InChI=1S/C14H17NO3/c1-2-11-8-12(16)15-13(11)14(17)18-9-10-6-4-3-5-7-10/h3-7,11,13H,2,8-9H2,1H3,(H,15,16)/t11-,13-/m1/s1. The molecule has 0 radical (unpaired) electrons. The van der Waals surface area contributed by atoms with Gasteiger partial charge in [0.2, 0.25) is 5.91 Å². The molecule has 1 aromatic carbocycles. The summed E-state index contributed by atoms with van der Waals surface area (Å²) in [7, 11) is 0. The minimum absolute atomic E-state index is 0.0563. The van der Waals surface area contributed by atoms with E-state index in [2.05, 4.69) is 5.32 Å². The summed E-state index contributed by atoms with van der Waals surface area (Å²) in [6.07, 6.45) is 1.21. The summed E-state index contributed by atoms with van der Waals surface area (Å²) in [4.78, 5) is 23.2. The third-order valence-corrected chi connectivity index (χ3v) is 3.24. The molecule has 4 heteroatoms. The molecule has 0 spiro atoms. The number of benzene rings is 1. The summed E-state index contributed by atoms with van der Waals surface area (Å²) in [6, 6.07) is 9.03. The summed E-state index contributed by atoms with van der Waals surface area (Å²) in [5.74, 6) is -0.346. The van der Waals surface area contributed by atoms with Crippen molar-refractivity contribution in [2.75, 3.05) is 0 Å². The van der Waals surface area contributed by atoms with Gasteiger partial charge in [0, 0.05) is 6.42 Å². The number of hydrogen-bond acceptors (Lipinski definition) is 3. The Hall–Kier alpha value is -1.84. The number of carbonyl (C=O) groups excluding carboxylic acids is 2. The summed E-state index contributed by atoms with van der Waals surface area (Å²) >= 11 is 0. The van der Waals surface area contributed by atoms with Crippen LogP contribution in [0.1, 0.15) is 25.3 Å². The second-order valence-electron chi connectivity index (χ2n) is 4.51. The predicted molar refractivity (Wildman–Crippen MR) is 66.6 cm³/mol. The van der Waals surface area contributed by atoms with Crippen LogP contribution in [-0.4, -0.2) is 17.9 Å². The van der Waals surface area contributed by atoms with Gasteiger partial charge in [-0.1, -0.05) is 43.7 Å². The molecular weight excluding hydrogens is 230 g/mol. The fourth-order valence-corrected chi connectivity index (χ4v) is 2.16. The Bertz CT molecular complexity index is 430. The van der Waals surface area contributed by atoms with Crippen molar-refractivity contribution in [3.63, 3.8) is 0 Å². The van der Waals surface area contributed by atoms with Gasteiger partial charge in [-0.2, -0.15) is 0 Å². The van der Waals surface area contributed by atoms with Gasteiger partial charge in [-0.15, -0.1) is 0 Å². The van der Waals surface area contributed by atoms with E-state index in [4.69, 9.17) is 4.74 Å². The molecule has 1 amide bonds. The minimum atomic E-state index is -0.480. The van der Waals surface area contributed by atoms with E-state index in [-0.39, 0.29) is 24.4 Å². The van der Waals surface area contributed by atoms with Crippen molar-refractivity contribution in [3.05, 3.63) is 35.9 Å². The van der Waals surface area contributed by atoms with E-state index >= 15 is 0 Å². The van der Waals surface area contributed by atoms with Crippen LogP contribution in [-0.2, 0) is 20.9 Å². The highest BCUT2D eigenvalue weighted by atomic mass is 16.5. The van der Waals surface area contributed by atoms with Crippen LogP contribution in [0.15, 0.2) is 30.3 Å². The van der Waals surface area contributed by atoms with Gasteiger partial charge in [0.15, 0.2) is 0 Å². The van der Waals surface area contributed by atoms with Gasteiger partial charge in [-0.25, -0.2) is 4.79 Å². The summed E-state index contributed by atoms with van der Waals surface area (Å²) in [6.45, 7) is 2.23.